The second-order valence-corrected chi connectivity index (χ2v) is 16.3. The van der Waals surface area contributed by atoms with Gasteiger partial charge in [0.1, 0.15) is 0 Å². The smallest absolute Gasteiger partial charge is 0.192 e. The molecular weight excluding hydrogens is 691 g/mol. The van der Waals surface area contributed by atoms with Crippen molar-refractivity contribution in [2.24, 2.45) is 0 Å². The minimum atomic E-state index is 0.0799. The number of fused-ring (bicyclic) bond motifs is 5. The van der Waals surface area contributed by atoms with Crippen molar-refractivity contribution in [2.75, 3.05) is 0 Å². The second kappa shape index (κ2) is 13.6. The molecule has 0 N–H and O–H groups in total. The Balaban J connectivity index is 1.19. The third-order valence-corrected chi connectivity index (χ3v) is 13.1. The van der Waals surface area contributed by atoms with Crippen LogP contribution in [0.3, 0.4) is 0 Å². The van der Waals surface area contributed by atoms with Crippen molar-refractivity contribution < 1.29 is 0 Å². The molecule has 0 saturated carbocycles. The van der Waals surface area contributed by atoms with Crippen molar-refractivity contribution in [3.05, 3.63) is 173 Å². The van der Waals surface area contributed by atoms with E-state index in [1.807, 2.05) is 71.2 Å². The van der Waals surface area contributed by atoms with Gasteiger partial charge in [-0.2, -0.15) is 10.5 Å². The fourth-order valence-corrected chi connectivity index (χ4v) is 10.7. The normalized spacial score (nSPS) is 11.5. The fourth-order valence-electron chi connectivity index (χ4n) is 8.05. The Bertz CT molecular complexity index is 2600. The number of aryl methyl sites for hydroxylation is 3. The van der Waals surface area contributed by atoms with Gasteiger partial charge in [-0.15, -0.1) is 22.7 Å². The molecule has 0 fully saturated rings. The Labute approximate surface area is 325 Å². The topological polar surface area (TPSA) is 47.6 Å². The molecule has 0 aliphatic carbocycles. The molecule has 0 radical (unpaired) electrons. The van der Waals surface area contributed by atoms with E-state index in [2.05, 4.69) is 130 Å². The van der Waals surface area contributed by atoms with Crippen molar-refractivity contribution in [3.8, 4) is 77.5 Å². The first-order valence-electron chi connectivity index (χ1n) is 18.1. The van der Waals surface area contributed by atoms with Gasteiger partial charge in [0.2, 0.25) is 0 Å². The monoisotopic (exact) mass is 724 g/mol. The summed E-state index contributed by atoms with van der Waals surface area (Å²) >= 11 is 3.84. The molecule has 2 nitrogen and oxygen atoms in total. The lowest BCUT2D eigenvalue weighted by Gasteiger charge is -2.19. The van der Waals surface area contributed by atoms with Gasteiger partial charge in [-0.1, -0.05) is 131 Å². The molecule has 0 amide bonds. The molecule has 1 aliphatic rings. The molecule has 0 bridgehead atoms. The summed E-state index contributed by atoms with van der Waals surface area (Å²) < 4.78 is 2.76. The summed E-state index contributed by atoms with van der Waals surface area (Å²) in [6.45, 7) is 6.83. The number of hydrogen-bond donors (Lipinski definition) is 0. The van der Waals surface area contributed by atoms with Crippen LogP contribution in [0, 0.1) is 43.4 Å². The van der Waals surface area contributed by atoms with E-state index in [1.165, 1.54) is 74.8 Å². The van der Waals surface area contributed by atoms with Crippen LogP contribution in [0.5, 0.6) is 0 Å². The number of benzene rings is 6. The van der Waals surface area contributed by atoms with Crippen molar-refractivity contribution in [1.82, 2.24) is 0 Å². The first kappa shape index (κ1) is 33.6. The summed E-state index contributed by atoms with van der Waals surface area (Å²) in [5.74, 6) is 0. The molecule has 8 aromatic rings. The van der Waals surface area contributed by atoms with Crippen LogP contribution in [0.15, 0.2) is 146 Å². The predicted octanol–water partition coefficient (Wildman–Crippen LogP) is 11.3. The zero-order valence-electron chi connectivity index (χ0n) is 30.1. The van der Waals surface area contributed by atoms with Crippen LogP contribution < -0.4 is 15.0 Å². The molecule has 9 rings (SSSR count). The Morgan fingerprint density at radius 2 is 0.778 bits per heavy atom. The van der Waals surface area contributed by atoms with Gasteiger partial charge >= 0.3 is 0 Å². The molecule has 0 saturated heterocycles. The molecule has 3 heterocycles. The van der Waals surface area contributed by atoms with Crippen LogP contribution in [0.4, 0.5) is 0 Å². The predicted molar refractivity (Wildman–Crippen MR) is 230 cm³/mol. The summed E-state index contributed by atoms with van der Waals surface area (Å²) in [7, 11) is 0. The van der Waals surface area contributed by atoms with E-state index in [-0.39, 0.29) is 6.71 Å². The lowest BCUT2D eigenvalue weighted by Crippen LogP contribution is -2.52. The van der Waals surface area contributed by atoms with Crippen molar-refractivity contribution in [1.29, 1.82) is 10.5 Å². The van der Waals surface area contributed by atoms with Gasteiger partial charge in [-0.05, 0) is 122 Å². The Morgan fingerprint density at radius 3 is 1.15 bits per heavy atom. The fraction of sp³-hybridized carbons (Fsp3) is 0.0612. The minimum absolute atomic E-state index is 0.0799. The van der Waals surface area contributed by atoms with Gasteiger partial charge in [0, 0.05) is 9.75 Å². The highest BCUT2D eigenvalue weighted by atomic mass is 32.1. The van der Waals surface area contributed by atoms with E-state index in [1.54, 1.807) is 0 Å². The standard InChI is InChI=1S/C49H33BN2S2/c1-30-24-31(2)47(32(3)25-30)50-48-43(26-45(53-48)39-20-16-37(17-21-39)35-12-8-33(28-51)9-13-35)41-6-4-5-7-42(41)44-27-46(54-49(44)50)40-22-18-38(19-23-40)36-14-10-34(29-52)11-15-36/h4-27H,1-3H3. The highest BCUT2D eigenvalue weighted by Crippen LogP contribution is 2.42. The Hall–Kier alpha value is -6.24. The van der Waals surface area contributed by atoms with Gasteiger partial charge in [0.05, 0.1) is 23.3 Å². The first-order chi connectivity index (χ1) is 26.4. The van der Waals surface area contributed by atoms with Gasteiger partial charge in [-0.3, -0.25) is 0 Å². The van der Waals surface area contributed by atoms with Crippen molar-refractivity contribution >= 4 is 44.4 Å². The van der Waals surface area contributed by atoms with Crippen LogP contribution in [0.1, 0.15) is 27.8 Å². The second-order valence-electron chi connectivity index (χ2n) is 14.1. The number of nitrogens with zero attached hydrogens (tertiary/aromatic N) is 2. The lowest BCUT2D eigenvalue weighted by atomic mass is 9.40. The molecule has 254 valence electrons. The highest BCUT2D eigenvalue weighted by molar-refractivity contribution is 7.37. The maximum Gasteiger partial charge on any atom is 0.268 e. The van der Waals surface area contributed by atoms with Gasteiger partial charge in [0.25, 0.3) is 6.71 Å². The maximum absolute atomic E-state index is 9.25. The quantitative estimate of drug-likeness (QED) is 0.166. The number of nitriles is 2. The molecule has 6 aromatic carbocycles. The van der Waals surface area contributed by atoms with Gasteiger partial charge in [0.15, 0.2) is 0 Å². The SMILES string of the molecule is Cc1cc(C)c(B2c3sc(-c4ccc(-c5ccc(C#N)cc5)cc4)cc3-c3ccccc3-c3cc(-c4ccc(-c5ccc(C#N)cc5)cc4)sc32)c(C)c1. The van der Waals surface area contributed by atoms with Gasteiger partial charge in [-0.25, -0.2) is 0 Å². The maximum atomic E-state index is 9.25. The van der Waals surface area contributed by atoms with E-state index in [0.717, 1.165) is 22.3 Å². The van der Waals surface area contributed by atoms with Crippen LogP contribution in [0.25, 0.3) is 65.4 Å². The van der Waals surface area contributed by atoms with E-state index in [4.69, 9.17) is 0 Å². The van der Waals surface area contributed by atoms with Crippen molar-refractivity contribution in [3.63, 3.8) is 0 Å². The largest absolute Gasteiger partial charge is 0.268 e. The molecule has 2 aromatic heterocycles. The van der Waals surface area contributed by atoms with Crippen LogP contribution >= 0.6 is 22.7 Å². The summed E-state index contributed by atoms with van der Waals surface area (Å²) in [6, 6.07) is 56.2. The Morgan fingerprint density at radius 1 is 0.426 bits per heavy atom. The van der Waals surface area contributed by atoms with Crippen LogP contribution in [-0.2, 0) is 0 Å². The third-order valence-electron chi connectivity index (χ3n) is 10.6. The molecule has 0 unspecified atom stereocenters. The van der Waals surface area contributed by atoms with E-state index in [9.17, 15) is 10.5 Å². The van der Waals surface area contributed by atoms with E-state index in [0.29, 0.717) is 11.1 Å². The van der Waals surface area contributed by atoms with Gasteiger partial charge < -0.3 is 0 Å². The van der Waals surface area contributed by atoms with E-state index >= 15 is 0 Å². The average Bonchev–Trinajstić information content (AvgIpc) is 3.83. The number of thiophene rings is 2. The molecule has 5 heteroatoms. The van der Waals surface area contributed by atoms with E-state index < -0.39 is 0 Å². The zero-order valence-corrected chi connectivity index (χ0v) is 31.8. The highest BCUT2D eigenvalue weighted by Gasteiger charge is 2.37. The molecular formula is C49H33BN2S2. The lowest BCUT2D eigenvalue weighted by molar-refractivity contribution is 1.35. The molecule has 1 aliphatic heterocycles. The summed E-state index contributed by atoms with van der Waals surface area (Å²) in [5.41, 5.74) is 18.7. The molecule has 54 heavy (non-hydrogen) atoms. The minimum Gasteiger partial charge on any atom is -0.192 e. The van der Waals surface area contributed by atoms with Crippen molar-refractivity contribution in [2.45, 2.75) is 20.8 Å². The zero-order chi connectivity index (χ0) is 36.9. The number of hydrogen-bond acceptors (Lipinski definition) is 4. The average molecular weight is 725 g/mol. The van der Waals surface area contributed by atoms with Crippen LogP contribution in [0.2, 0.25) is 0 Å². The Kier molecular flexibility index (Phi) is 8.48. The number of rotatable bonds is 5. The molecule has 0 atom stereocenters. The van der Waals surface area contributed by atoms with Crippen LogP contribution in [-0.4, -0.2) is 6.71 Å². The summed E-state index contributed by atoms with van der Waals surface area (Å²) in [4.78, 5) is 2.51. The first-order valence-corrected chi connectivity index (χ1v) is 19.7. The molecule has 0 spiro atoms. The third kappa shape index (κ3) is 5.89. The summed E-state index contributed by atoms with van der Waals surface area (Å²) in [6.07, 6.45) is 0. The summed E-state index contributed by atoms with van der Waals surface area (Å²) in [5, 5.41) is 18.5.